The summed E-state index contributed by atoms with van der Waals surface area (Å²) >= 11 is 0. The van der Waals surface area contributed by atoms with Crippen LogP contribution < -0.4 is 15.4 Å². The number of aromatic amines is 1. The zero-order valence-corrected chi connectivity index (χ0v) is 12.1. The molecule has 1 N–H and O–H groups in total. The van der Waals surface area contributed by atoms with Gasteiger partial charge >= 0.3 is 0 Å². The van der Waals surface area contributed by atoms with Gasteiger partial charge in [0.25, 0.3) is 5.56 Å². The van der Waals surface area contributed by atoms with Gasteiger partial charge in [0.1, 0.15) is 17.5 Å². The molecule has 0 spiro atoms. The molecule has 3 rings (SSSR count). The summed E-state index contributed by atoms with van der Waals surface area (Å²) in [5.74, 6) is 2.52. The number of hydrogen-bond donors (Lipinski definition) is 1. The lowest BCUT2D eigenvalue weighted by molar-refractivity contribution is 0.638. The quantitative estimate of drug-likeness (QED) is 0.913. The molecule has 1 aliphatic heterocycles. The summed E-state index contributed by atoms with van der Waals surface area (Å²) in [6.07, 6.45) is 2.55. The van der Waals surface area contributed by atoms with Gasteiger partial charge in [-0.05, 0) is 12.1 Å². The average Bonchev–Trinajstić information content (AvgIpc) is 2.55. The van der Waals surface area contributed by atoms with Crippen molar-refractivity contribution < 1.29 is 0 Å². The van der Waals surface area contributed by atoms with E-state index in [-0.39, 0.29) is 5.56 Å². The highest BCUT2D eigenvalue weighted by molar-refractivity contribution is 5.44. The van der Waals surface area contributed by atoms with Crippen molar-refractivity contribution in [3.05, 3.63) is 46.6 Å². The second kappa shape index (κ2) is 5.95. The molecule has 0 aromatic carbocycles. The van der Waals surface area contributed by atoms with Crippen LogP contribution in [0.15, 0.2) is 35.3 Å². The number of pyridine rings is 1. The van der Waals surface area contributed by atoms with Gasteiger partial charge in [0.05, 0.1) is 0 Å². The lowest BCUT2D eigenvalue weighted by Gasteiger charge is -2.36. The van der Waals surface area contributed by atoms with Gasteiger partial charge in [0, 0.05) is 44.9 Å². The van der Waals surface area contributed by atoms with Crippen LogP contribution in [0.3, 0.4) is 0 Å². The Bertz CT molecular complexity index is 647. The van der Waals surface area contributed by atoms with Crippen LogP contribution in [0.1, 0.15) is 12.7 Å². The molecule has 3 heterocycles. The van der Waals surface area contributed by atoms with Crippen molar-refractivity contribution in [3.8, 4) is 0 Å². The summed E-state index contributed by atoms with van der Waals surface area (Å²) in [5.41, 5.74) is -0.0796. The van der Waals surface area contributed by atoms with E-state index in [1.165, 1.54) is 0 Å². The molecule has 1 aliphatic rings. The molecule has 6 nitrogen and oxygen atoms in total. The summed E-state index contributed by atoms with van der Waals surface area (Å²) in [7, 11) is 0. The monoisotopic (exact) mass is 285 g/mol. The van der Waals surface area contributed by atoms with Gasteiger partial charge in [-0.15, -0.1) is 0 Å². The Morgan fingerprint density at radius 3 is 2.48 bits per heavy atom. The molecule has 110 valence electrons. The lowest BCUT2D eigenvalue weighted by atomic mass is 10.3. The van der Waals surface area contributed by atoms with E-state index >= 15 is 0 Å². The number of H-pyrrole nitrogens is 1. The number of nitrogens with one attached hydrogen (secondary N) is 1. The highest BCUT2D eigenvalue weighted by Crippen LogP contribution is 2.16. The predicted octanol–water partition coefficient (Wildman–Crippen LogP) is 1.05. The van der Waals surface area contributed by atoms with Crippen LogP contribution in [-0.4, -0.2) is 41.1 Å². The third-order valence-electron chi connectivity index (χ3n) is 3.69. The molecule has 0 unspecified atom stereocenters. The number of nitrogens with zero attached hydrogens (tertiary/aromatic N) is 4. The molecular formula is C15H19N5O. The average molecular weight is 285 g/mol. The topological polar surface area (TPSA) is 65.1 Å². The Morgan fingerprint density at radius 1 is 1.14 bits per heavy atom. The Hall–Kier alpha value is -2.37. The van der Waals surface area contributed by atoms with Crippen molar-refractivity contribution in [1.29, 1.82) is 0 Å². The van der Waals surface area contributed by atoms with Gasteiger partial charge in [-0.2, -0.15) is 0 Å². The maximum Gasteiger partial charge on any atom is 0.252 e. The van der Waals surface area contributed by atoms with Crippen LogP contribution in [-0.2, 0) is 6.42 Å². The van der Waals surface area contributed by atoms with E-state index < -0.39 is 0 Å². The molecule has 21 heavy (non-hydrogen) atoms. The first kappa shape index (κ1) is 13.6. The summed E-state index contributed by atoms with van der Waals surface area (Å²) < 4.78 is 0. The number of rotatable bonds is 3. The van der Waals surface area contributed by atoms with E-state index in [1.807, 2.05) is 31.3 Å². The van der Waals surface area contributed by atoms with Crippen molar-refractivity contribution in [2.75, 3.05) is 36.0 Å². The molecule has 0 aliphatic carbocycles. The fraction of sp³-hybridized carbons (Fsp3) is 0.400. The zero-order chi connectivity index (χ0) is 14.7. The van der Waals surface area contributed by atoms with E-state index in [9.17, 15) is 4.79 Å². The van der Waals surface area contributed by atoms with Crippen molar-refractivity contribution >= 4 is 11.6 Å². The molecule has 2 aromatic heterocycles. The normalized spacial score (nSPS) is 15.3. The van der Waals surface area contributed by atoms with Crippen LogP contribution >= 0.6 is 0 Å². The van der Waals surface area contributed by atoms with Gasteiger partial charge in [-0.1, -0.05) is 13.0 Å². The fourth-order valence-corrected chi connectivity index (χ4v) is 2.53. The van der Waals surface area contributed by atoms with Crippen molar-refractivity contribution in [2.45, 2.75) is 13.3 Å². The number of hydrogen-bond acceptors (Lipinski definition) is 5. The Kier molecular flexibility index (Phi) is 3.85. The van der Waals surface area contributed by atoms with Gasteiger partial charge in [-0.3, -0.25) is 4.79 Å². The van der Waals surface area contributed by atoms with E-state index in [1.54, 1.807) is 6.07 Å². The lowest BCUT2D eigenvalue weighted by Crippen LogP contribution is -2.47. The Labute approximate surface area is 123 Å². The first-order chi connectivity index (χ1) is 10.3. The fourth-order valence-electron chi connectivity index (χ4n) is 2.53. The first-order valence-electron chi connectivity index (χ1n) is 7.27. The van der Waals surface area contributed by atoms with Crippen LogP contribution in [0.4, 0.5) is 11.6 Å². The van der Waals surface area contributed by atoms with Crippen molar-refractivity contribution in [1.82, 2.24) is 15.0 Å². The summed E-state index contributed by atoms with van der Waals surface area (Å²) in [6, 6.07) is 7.53. The largest absolute Gasteiger partial charge is 0.353 e. The number of piperazine rings is 1. The highest BCUT2D eigenvalue weighted by atomic mass is 16.1. The molecule has 0 saturated carbocycles. The van der Waals surface area contributed by atoms with Crippen molar-refractivity contribution in [2.24, 2.45) is 0 Å². The second-order valence-electron chi connectivity index (χ2n) is 5.07. The third kappa shape index (κ3) is 3.04. The predicted molar refractivity (Wildman–Crippen MR) is 82.9 cm³/mol. The van der Waals surface area contributed by atoms with Crippen LogP contribution in [0, 0.1) is 0 Å². The highest BCUT2D eigenvalue weighted by Gasteiger charge is 2.19. The van der Waals surface area contributed by atoms with Gasteiger partial charge in [0.15, 0.2) is 0 Å². The SMILES string of the molecule is CCc1nc(N2CCN(c3ccccn3)CC2)cc(=O)[nH]1. The molecular weight excluding hydrogens is 266 g/mol. The number of anilines is 2. The van der Waals surface area contributed by atoms with E-state index in [0.29, 0.717) is 0 Å². The summed E-state index contributed by atoms with van der Waals surface area (Å²) in [4.78, 5) is 27.7. The molecule has 0 bridgehead atoms. The molecule has 1 saturated heterocycles. The molecule has 2 aromatic rings. The smallest absolute Gasteiger partial charge is 0.252 e. The second-order valence-corrected chi connectivity index (χ2v) is 5.07. The van der Waals surface area contributed by atoms with Crippen molar-refractivity contribution in [3.63, 3.8) is 0 Å². The molecule has 6 heteroatoms. The van der Waals surface area contributed by atoms with E-state index in [0.717, 1.165) is 50.1 Å². The number of aromatic nitrogens is 3. The van der Waals surface area contributed by atoms with Gasteiger partial charge in [-0.25, -0.2) is 9.97 Å². The number of aryl methyl sites for hydroxylation is 1. The molecule has 0 amide bonds. The van der Waals surface area contributed by atoms with Gasteiger partial charge in [0.2, 0.25) is 0 Å². The van der Waals surface area contributed by atoms with Crippen LogP contribution in [0.25, 0.3) is 0 Å². The van der Waals surface area contributed by atoms with Crippen LogP contribution in [0.5, 0.6) is 0 Å². The Balaban J connectivity index is 1.71. The van der Waals surface area contributed by atoms with E-state index in [4.69, 9.17) is 0 Å². The minimum Gasteiger partial charge on any atom is -0.353 e. The minimum absolute atomic E-state index is 0.0796. The van der Waals surface area contributed by atoms with E-state index in [2.05, 4.69) is 24.8 Å². The summed E-state index contributed by atoms with van der Waals surface area (Å²) in [6.45, 7) is 5.44. The zero-order valence-electron chi connectivity index (χ0n) is 12.1. The maximum atomic E-state index is 11.7. The summed E-state index contributed by atoms with van der Waals surface area (Å²) in [5, 5.41) is 0. The first-order valence-corrected chi connectivity index (χ1v) is 7.27. The molecule has 1 fully saturated rings. The minimum atomic E-state index is -0.0796. The Morgan fingerprint density at radius 2 is 1.86 bits per heavy atom. The van der Waals surface area contributed by atoms with Gasteiger partial charge < -0.3 is 14.8 Å². The molecule has 0 radical (unpaired) electrons. The van der Waals surface area contributed by atoms with Crippen LogP contribution in [0.2, 0.25) is 0 Å². The third-order valence-corrected chi connectivity index (χ3v) is 3.69. The molecule has 0 atom stereocenters. The standard InChI is InChI=1S/C15H19N5O/c1-2-12-17-14(11-15(21)18-12)20-9-7-19(8-10-20)13-5-3-4-6-16-13/h3-6,11H,2,7-10H2,1H3,(H,17,18,21). The maximum absolute atomic E-state index is 11.7.